The predicted octanol–water partition coefficient (Wildman–Crippen LogP) is 3.01. The van der Waals surface area contributed by atoms with Crippen LogP contribution in [0.15, 0.2) is 42.7 Å². The number of H-pyrrole nitrogens is 1. The fourth-order valence-electron chi connectivity index (χ4n) is 4.09. The number of pyridine rings is 2. The molecule has 1 fully saturated rings. The van der Waals surface area contributed by atoms with E-state index < -0.39 is 5.54 Å². The van der Waals surface area contributed by atoms with Crippen molar-refractivity contribution in [2.24, 2.45) is 5.92 Å². The van der Waals surface area contributed by atoms with Gasteiger partial charge in [-0.1, -0.05) is 0 Å². The summed E-state index contributed by atoms with van der Waals surface area (Å²) in [5.41, 5.74) is 8.73. The van der Waals surface area contributed by atoms with Gasteiger partial charge in [-0.3, -0.25) is 14.8 Å². The summed E-state index contributed by atoms with van der Waals surface area (Å²) in [6.45, 7) is 0. The van der Waals surface area contributed by atoms with Gasteiger partial charge in [0.2, 0.25) is 0 Å². The van der Waals surface area contributed by atoms with Gasteiger partial charge in [0.25, 0.3) is 0 Å². The quantitative estimate of drug-likeness (QED) is 0.540. The topological polar surface area (TPSA) is 146 Å². The molecule has 0 atom stereocenters. The Morgan fingerprint density at radius 3 is 2.80 bits per heavy atom. The minimum Gasteiger partial charge on any atom is -0.384 e. The molecule has 1 saturated carbocycles. The molecule has 0 saturated heterocycles. The van der Waals surface area contributed by atoms with Gasteiger partial charge in [-0.15, -0.1) is 0 Å². The number of anilines is 1. The number of fused-ring (bicyclic) bond motifs is 1. The van der Waals surface area contributed by atoms with Crippen molar-refractivity contribution in [3.8, 4) is 34.9 Å². The van der Waals surface area contributed by atoms with E-state index >= 15 is 0 Å². The van der Waals surface area contributed by atoms with E-state index in [-0.39, 0.29) is 5.92 Å². The molecular weight excluding hydrogens is 378 g/mol. The number of nitrogens with zero attached hydrogens (tertiary/aromatic N) is 7. The number of nitrogen functional groups attached to an aromatic ring is 1. The van der Waals surface area contributed by atoms with Crippen molar-refractivity contribution in [1.82, 2.24) is 29.9 Å². The van der Waals surface area contributed by atoms with Gasteiger partial charge >= 0.3 is 0 Å². The zero-order valence-electron chi connectivity index (χ0n) is 15.9. The monoisotopic (exact) mass is 395 g/mol. The summed E-state index contributed by atoms with van der Waals surface area (Å²) in [4.78, 5) is 9.27. The maximum absolute atomic E-state index is 9.30. The van der Waals surface area contributed by atoms with E-state index in [2.05, 4.69) is 27.3 Å². The Morgan fingerprint density at radius 2 is 2.07 bits per heavy atom. The molecule has 9 heteroatoms. The van der Waals surface area contributed by atoms with Crippen LogP contribution in [0.1, 0.15) is 19.3 Å². The molecule has 0 aliphatic heterocycles. The second-order valence-electron chi connectivity index (χ2n) is 7.57. The molecule has 4 aromatic heterocycles. The van der Waals surface area contributed by atoms with Crippen LogP contribution in [-0.2, 0) is 5.54 Å². The van der Waals surface area contributed by atoms with Crippen LogP contribution >= 0.6 is 0 Å². The molecule has 1 aliphatic carbocycles. The molecule has 1 aliphatic rings. The van der Waals surface area contributed by atoms with Gasteiger partial charge in [0, 0.05) is 23.8 Å². The van der Waals surface area contributed by atoms with Crippen molar-refractivity contribution in [2.45, 2.75) is 24.8 Å². The summed E-state index contributed by atoms with van der Waals surface area (Å²) in [5.74, 6) is 0.414. The average Bonchev–Trinajstić information content (AvgIpc) is 3.39. The number of aromatic amines is 1. The maximum Gasteiger partial charge on any atom is 0.119 e. The molecule has 0 amide bonds. The van der Waals surface area contributed by atoms with Gasteiger partial charge in [0.1, 0.15) is 22.9 Å². The van der Waals surface area contributed by atoms with Crippen molar-refractivity contribution in [1.29, 1.82) is 10.5 Å². The van der Waals surface area contributed by atoms with E-state index in [1.165, 1.54) is 0 Å². The fraction of sp³-hybridized carbons (Fsp3) is 0.238. The van der Waals surface area contributed by atoms with Crippen molar-refractivity contribution >= 4 is 16.7 Å². The molecule has 0 unspecified atom stereocenters. The molecule has 9 nitrogen and oxygen atoms in total. The van der Waals surface area contributed by atoms with Gasteiger partial charge in [0.05, 0.1) is 41.2 Å². The summed E-state index contributed by atoms with van der Waals surface area (Å²) in [7, 11) is 0. The van der Waals surface area contributed by atoms with E-state index in [9.17, 15) is 10.5 Å². The van der Waals surface area contributed by atoms with Crippen LogP contribution in [0.25, 0.3) is 33.7 Å². The first-order valence-corrected chi connectivity index (χ1v) is 9.52. The lowest BCUT2D eigenvalue weighted by Gasteiger charge is -2.43. The van der Waals surface area contributed by atoms with E-state index in [1.54, 1.807) is 12.3 Å². The van der Waals surface area contributed by atoms with Crippen molar-refractivity contribution in [3.63, 3.8) is 0 Å². The lowest BCUT2D eigenvalue weighted by Crippen LogP contribution is -2.46. The van der Waals surface area contributed by atoms with Crippen molar-refractivity contribution in [3.05, 3.63) is 42.7 Å². The van der Waals surface area contributed by atoms with E-state index in [0.29, 0.717) is 47.9 Å². The molecule has 4 aromatic rings. The third-order valence-corrected chi connectivity index (χ3v) is 5.62. The molecule has 0 radical (unpaired) electrons. The van der Waals surface area contributed by atoms with Crippen molar-refractivity contribution in [2.75, 3.05) is 5.73 Å². The summed E-state index contributed by atoms with van der Waals surface area (Å²) in [5, 5.41) is 31.0. The third-order valence-electron chi connectivity index (χ3n) is 5.62. The second kappa shape index (κ2) is 6.68. The first-order valence-electron chi connectivity index (χ1n) is 9.52. The van der Waals surface area contributed by atoms with Crippen LogP contribution in [-0.4, -0.2) is 29.9 Å². The summed E-state index contributed by atoms with van der Waals surface area (Å²) >= 11 is 0. The summed E-state index contributed by atoms with van der Waals surface area (Å²) < 4.78 is 1.82. The predicted molar refractivity (Wildman–Crippen MR) is 109 cm³/mol. The zero-order chi connectivity index (χ0) is 20.7. The second-order valence-corrected chi connectivity index (χ2v) is 7.57. The largest absolute Gasteiger partial charge is 0.384 e. The van der Waals surface area contributed by atoms with Crippen LogP contribution in [0.2, 0.25) is 0 Å². The van der Waals surface area contributed by atoms with Crippen molar-refractivity contribution < 1.29 is 0 Å². The average molecular weight is 395 g/mol. The molecule has 0 aromatic carbocycles. The Balaban J connectivity index is 1.62. The number of aromatic nitrogens is 6. The number of nitriles is 2. The van der Waals surface area contributed by atoms with Gasteiger partial charge in [-0.25, -0.2) is 4.98 Å². The SMILES string of the molecule is N#CC[C@]1(n2ccc(-c3nc(-c4cc(N)[nH]n4)cc4ncccc34)n2)C[C@H](C#N)C1. The molecule has 30 heavy (non-hydrogen) atoms. The number of hydrogen-bond acceptors (Lipinski definition) is 7. The highest BCUT2D eigenvalue weighted by molar-refractivity contribution is 5.93. The molecule has 4 heterocycles. The number of nitrogens with one attached hydrogen (secondary N) is 1. The lowest BCUT2D eigenvalue weighted by atomic mass is 9.67. The highest BCUT2D eigenvalue weighted by Gasteiger charge is 2.46. The maximum atomic E-state index is 9.30. The number of nitrogens with two attached hydrogens (primary N) is 1. The minimum absolute atomic E-state index is 0.0393. The number of hydrogen-bond donors (Lipinski definition) is 2. The molecule has 5 rings (SSSR count). The van der Waals surface area contributed by atoms with Gasteiger partial charge < -0.3 is 5.73 Å². The molecule has 146 valence electrons. The highest BCUT2D eigenvalue weighted by atomic mass is 15.3. The fourth-order valence-corrected chi connectivity index (χ4v) is 4.09. The van der Waals surface area contributed by atoms with E-state index in [1.807, 2.05) is 35.1 Å². The first-order chi connectivity index (χ1) is 14.6. The normalized spacial score (nSPS) is 20.4. The van der Waals surface area contributed by atoms with Crippen LogP contribution in [0.4, 0.5) is 5.82 Å². The zero-order valence-corrected chi connectivity index (χ0v) is 15.9. The lowest BCUT2D eigenvalue weighted by molar-refractivity contribution is 0.0884. The Bertz CT molecular complexity index is 1330. The number of rotatable bonds is 4. The molecular formula is C21H17N9. The Labute approximate surface area is 171 Å². The van der Waals surface area contributed by atoms with Gasteiger partial charge in [0.15, 0.2) is 0 Å². The Morgan fingerprint density at radius 1 is 1.20 bits per heavy atom. The van der Waals surface area contributed by atoms with E-state index in [0.717, 1.165) is 10.9 Å². The third kappa shape index (κ3) is 2.76. The smallest absolute Gasteiger partial charge is 0.119 e. The summed E-state index contributed by atoms with van der Waals surface area (Å²) in [6, 6.07) is 13.8. The highest BCUT2D eigenvalue weighted by Crippen LogP contribution is 2.46. The molecule has 3 N–H and O–H groups in total. The first kappa shape index (κ1) is 17.8. The van der Waals surface area contributed by atoms with Gasteiger partial charge in [-0.05, 0) is 37.1 Å². The van der Waals surface area contributed by atoms with Crippen LogP contribution in [0, 0.1) is 28.6 Å². The van der Waals surface area contributed by atoms with Crippen LogP contribution in [0.3, 0.4) is 0 Å². The van der Waals surface area contributed by atoms with Gasteiger partial charge in [-0.2, -0.15) is 20.7 Å². The molecule has 0 bridgehead atoms. The van der Waals surface area contributed by atoms with Crippen LogP contribution < -0.4 is 5.73 Å². The minimum atomic E-state index is -0.435. The summed E-state index contributed by atoms with van der Waals surface area (Å²) in [6.07, 6.45) is 5.16. The standard InChI is InChI=1S/C21H17N9/c22-5-4-21(10-13(11-21)12-23)30-7-3-15(29-30)20-14-2-1-6-25-16(14)8-17(26-20)18-9-19(24)28-27-18/h1-3,6-9,13H,4,10-11H2,(H3,24,27,28)/t13-,21-. The Hall–Kier alpha value is -4.24. The van der Waals surface area contributed by atoms with Crippen LogP contribution in [0.5, 0.6) is 0 Å². The van der Waals surface area contributed by atoms with E-state index in [4.69, 9.17) is 15.8 Å². The molecule has 0 spiro atoms. The Kier molecular flexibility index (Phi) is 3.97.